The van der Waals surface area contributed by atoms with Gasteiger partial charge in [0.05, 0.1) is 8.80 Å². The van der Waals surface area contributed by atoms with Crippen LogP contribution in [0.3, 0.4) is 0 Å². The number of Topliss-reactive ketones (excluding diaryl/α,β-unsaturated/α-hetero) is 1. The molecular formula is C9H17NO3Si. The van der Waals surface area contributed by atoms with Crippen LogP contribution in [-0.4, -0.2) is 32.3 Å². The van der Waals surface area contributed by atoms with Crippen molar-refractivity contribution in [3.63, 3.8) is 0 Å². The van der Waals surface area contributed by atoms with E-state index in [4.69, 9.17) is 10.5 Å². The third kappa shape index (κ3) is 1.88. The predicted molar refractivity (Wildman–Crippen MR) is 55.6 cm³/mol. The molecule has 1 rings (SSSR count). The van der Waals surface area contributed by atoms with Gasteiger partial charge in [-0.1, -0.05) is 13.1 Å². The number of hydrogen-bond acceptors (Lipinski definition) is 3. The van der Waals surface area contributed by atoms with Crippen LogP contribution in [0.25, 0.3) is 0 Å². The summed E-state index contributed by atoms with van der Waals surface area (Å²) in [5.41, 5.74) is 5.04. The van der Waals surface area contributed by atoms with Crippen LogP contribution in [0.2, 0.25) is 13.1 Å². The molecule has 80 valence electrons. The van der Waals surface area contributed by atoms with Crippen molar-refractivity contribution in [1.29, 1.82) is 0 Å². The van der Waals surface area contributed by atoms with Crippen molar-refractivity contribution in [2.75, 3.05) is 6.61 Å². The van der Waals surface area contributed by atoms with Crippen LogP contribution in [0, 0.1) is 0 Å². The molecule has 1 fully saturated rings. The molecule has 1 aliphatic heterocycles. The number of hydrogen-bond donors (Lipinski definition) is 1. The summed E-state index contributed by atoms with van der Waals surface area (Å²) in [6, 6.07) is 0. The van der Waals surface area contributed by atoms with Crippen molar-refractivity contribution in [2.45, 2.75) is 37.6 Å². The minimum Gasteiger partial charge on any atom is -0.371 e. The summed E-state index contributed by atoms with van der Waals surface area (Å²) in [5, 5.41) is -0.815. The van der Waals surface area contributed by atoms with Crippen molar-refractivity contribution in [3.05, 3.63) is 0 Å². The van der Waals surface area contributed by atoms with Crippen molar-refractivity contribution in [3.8, 4) is 0 Å². The highest BCUT2D eigenvalue weighted by Crippen LogP contribution is 2.28. The van der Waals surface area contributed by atoms with Gasteiger partial charge in [-0.3, -0.25) is 9.59 Å². The van der Waals surface area contributed by atoms with Crippen molar-refractivity contribution in [2.24, 2.45) is 5.73 Å². The molecule has 0 saturated carbocycles. The zero-order valence-corrected chi connectivity index (χ0v) is 9.86. The smallest absolute Gasteiger partial charge is 0.287 e. The van der Waals surface area contributed by atoms with E-state index in [-0.39, 0.29) is 0 Å². The second-order valence-electron chi connectivity index (χ2n) is 4.04. The highest BCUT2D eigenvalue weighted by molar-refractivity contribution is 6.68. The number of carbonyl (C=O) groups is 2. The molecular weight excluding hydrogens is 198 g/mol. The molecule has 4 nitrogen and oxygen atoms in total. The number of ketones is 1. The maximum absolute atomic E-state index is 11.7. The quantitative estimate of drug-likeness (QED) is 0.532. The fraction of sp³-hybridized carbons (Fsp3) is 0.778. The summed E-state index contributed by atoms with van der Waals surface area (Å²) in [6.07, 6.45) is 2.58. The van der Waals surface area contributed by atoms with Gasteiger partial charge in [-0.25, -0.2) is 0 Å². The van der Waals surface area contributed by atoms with E-state index in [2.05, 4.69) is 0 Å². The Bertz CT molecular complexity index is 246. The molecule has 1 heterocycles. The van der Waals surface area contributed by atoms with Gasteiger partial charge in [0.2, 0.25) is 5.78 Å². The molecule has 0 aromatic heterocycles. The lowest BCUT2D eigenvalue weighted by Gasteiger charge is -2.37. The van der Waals surface area contributed by atoms with E-state index in [1.54, 1.807) is 0 Å². The summed E-state index contributed by atoms with van der Waals surface area (Å²) in [4.78, 5) is 22.6. The van der Waals surface area contributed by atoms with E-state index >= 15 is 0 Å². The molecule has 1 atom stereocenters. The van der Waals surface area contributed by atoms with Crippen LogP contribution in [0.4, 0.5) is 0 Å². The lowest BCUT2D eigenvalue weighted by molar-refractivity contribution is -0.149. The van der Waals surface area contributed by atoms with Gasteiger partial charge in [0.1, 0.15) is 5.22 Å². The number of carbonyl (C=O) groups excluding carboxylic acids is 2. The maximum Gasteiger partial charge on any atom is 0.287 e. The monoisotopic (exact) mass is 215 g/mol. The van der Waals surface area contributed by atoms with E-state index in [0.717, 1.165) is 12.8 Å². The van der Waals surface area contributed by atoms with Crippen molar-refractivity contribution >= 4 is 20.5 Å². The predicted octanol–water partition coefficient (Wildman–Crippen LogP) is 0.00600. The maximum atomic E-state index is 11.7. The fourth-order valence-corrected chi connectivity index (χ4v) is 3.82. The molecule has 14 heavy (non-hydrogen) atoms. The highest BCUT2D eigenvalue weighted by Gasteiger charge is 2.46. The van der Waals surface area contributed by atoms with Gasteiger partial charge in [0, 0.05) is 6.61 Å². The summed E-state index contributed by atoms with van der Waals surface area (Å²) < 4.78 is 5.56. The molecule has 0 aromatic carbocycles. The summed E-state index contributed by atoms with van der Waals surface area (Å²) in [5.74, 6) is -1.37. The minimum atomic E-state index is -1.37. The van der Waals surface area contributed by atoms with Crippen LogP contribution < -0.4 is 5.73 Å². The number of ether oxygens (including phenoxy) is 1. The zero-order valence-electron chi connectivity index (χ0n) is 8.71. The van der Waals surface area contributed by atoms with E-state index < -0.39 is 25.7 Å². The highest BCUT2D eigenvalue weighted by atomic mass is 28.3. The average Bonchev–Trinajstić information content (AvgIpc) is 2.17. The third-order valence-corrected chi connectivity index (χ3v) is 5.43. The largest absolute Gasteiger partial charge is 0.371 e. The molecule has 1 saturated heterocycles. The van der Waals surface area contributed by atoms with Crippen LogP contribution in [0.5, 0.6) is 0 Å². The molecule has 2 N–H and O–H groups in total. The van der Waals surface area contributed by atoms with E-state index in [9.17, 15) is 9.59 Å². The number of nitrogens with two attached hydrogens (primary N) is 1. The molecule has 0 aromatic rings. The third-order valence-electron chi connectivity index (χ3n) is 2.84. The Kier molecular flexibility index (Phi) is 3.44. The first-order chi connectivity index (χ1) is 6.50. The van der Waals surface area contributed by atoms with Crippen LogP contribution in [0.1, 0.15) is 19.3 Å². The molecule has 1 aliphatic rings. The SMILES string of the molecule is C[SiH](C)C1(C(=O)C(N)=O)CCCCO1. The Hall–Kier alpha value is -0.683. The van der Waals surface area contributed by atoms with Crippen LogP contribution in [0.15, 0.2) is 0 Å². The topological polar surface area (TPSA) is 69.4 Å². The second kappa shape index (κ2) is 4.23. The number of primary amides is 1. The molecule has 1 unspecified atom stereocenters. The van der Waals surface area contributed by atoms with Crippen LogP contribution in [-0.2, 0) is 14.3 Å². The lowest BCUT2D eigenvalue weighted by Crippen LogP contribution is -2.57. The first kappa shape index (κ1) is 11.4. The van der Waals surface area contributed by atoms with E-state index in [1.807, 2.05) is 13.1 Å². The molecule has 0 aliphatic carbocycles. The molecule has 0 radical (unpaired) electrons. The normalized spacial score (nSPS) is 27.6. The summed E-state index contributed by atoms with van der Waals surface area (Å²) >= 11 is 0. The summed E-state index contributed by atoms with van der Waals surface area (Å²) in [6.45, 7) is 4.61. The van der Waals surface area contributed by atoms with Gasteiger partial charge in [-0.05, 0) is 19.3 Å². The number of rotatable bonds is 3. The zero-order chi connectivity index (χ0) is 10.8. The summed E-state index contributed by atoms with van der Waals surface area (Å²) in [7, 11) is -1.37. The first-order valence-electron chi connectivity index (χ1n) is 4.99. The van der Waals surface area contributed by atoms with Crippen LogP contribution >= 0.6 is 0 Å². The Morgan fingerprint density at radius 3 is 2.36 bits per heavy atom. The molecule has 5 heteroatoms. The van der Waals surface area contributed by atoms with Gasteiger partial charge in [0.15, 0.2) is 0 Å². The first-order valence-corrected chi connectivity index (χ1v) is 7.87. The van der Waals surface area contributed by atoms with Gasteiger partial charge in [-0.2, -0.15) is 0 Å². The Morgan fingerprint density at radius 2 is 2.00 bits per heavy atom. The Morgan fingerprint density at radius 1 is 1.36 bits per heavy atom. The molecule has 0 spiro atoms. The minimum absolute atomic E-state index is 0.515. The average molecular weight is 215 g/mol. The number of amides is 1. The standard InChI is InChI=1S/C9H17NO3Si/c1-14(2)9(7(11)8(10)12)5-3-4-6-13-9/h14H,3-6H2,1-2H3,(H2,10,12). The second-order valence-corrected chi connectivity index (χ2v) is 7.29. The van der Waals surface area contributed by atoms with Gasteiger partial charge in [-0.15, -0.1) is 0 Å². The van der Waals surface area contributed by atoms with Gasteiger partial charge >= 0.3 is 0 Å². The van der Waals surface area contributed by atoms with Gasteiger partial charge in [0.25, 0.3) is 5.91 Å². The van der Waals surface area contributed by atoms with E-state index in [1.165, 1.54) is 0 Å². The molecule has 1 amide bonds. The van der Waals surface area contributed by atoms with Gasteiger partial charge < -0.3 is 10.5 Å². The Labute approximate surface area is 85.4 Å². The fourth-order valence-electron chi connectivity index (χ4n) is 1.92. The lowest BCUT2D eigenvalue weighted by atomic mass is 10.0. The van der Waals surface area contributed by atoms with Crippen molar-refractivity contribution < 1.29 is 14.3 Å². The molecule has 0 bridgehead atoms. The van der Waals surface area contributed by atoms with E-state index in [0.29, 0.717) is 13.0 Å². The Balaban J connectivity index is 2.91. The van der Waals surface area contributed by atoms with Crippen molar-refractivity contribution in [1.82, 2.24) is 0 Å².